The molecule has 0 N–H and O–H groups in total. The summed E-state index contributed by atoms with van der Waals surface area (Å²) < 4.78 is 4.71. The normalized spacial score (nSPS) is 10.2. The molecule has 0 bridgehead atoms. The van der Waals surface area contributed by atoms with Crippen LogP contribution in [0.4, 0.5) is 5.69 Å². The third-order valence-electron chi connectivity index (χ3n) is 3.50. The first-order valence-corrected chi connectivity index (χ1v) is 7.13. The van der Waals surface area contributed by atoms with Gasteiger partial charge in [0.15, 0.2) is 0 Å². The van der Waals surface area contributed by atoms with E-state index >= 15 is 0 Å². The van der Waals surface area contributed by atoms with Crippen molar-refractivity contribution in [3.8, 4) is 0 Å². The van der Waals surface area contributed by atoms with Crippen LogP contribution in [0.5, 0.6) is 0 Å². The van der Waals surface area contributed by atoms with Crippen LogP contribution < -0.4 is 4.90 Å². The van der Waals surface area contributed by atoms with Crippen molar-refractivity contribution in [1.29, 1.82) is 0 Å². The molecular weight excluding hydrogens is 262 g/mol. The van der Waals surface area contributed by atoms with Crippen molar-refractivity contribution in [2.24, 2.45) is 0 Å². The zero-order chi connectivity index (χ0) is 15.2. The monoisotopic (exact) mass is 283 g/mol. The quantitative estimate of drug-likeness (QED) is 0.782. The molecular formula is C18H21NO2. The number of nitrogens with zero attached hydrogens (tertiary/aromatic N) is 1. The first-order chi connectivity index (χ1) is 10.1. The molecule has 2 aromatic carbocycles. The summed E-state index contributed by atoms with van der Waals surface area (Å²) in [7, 11) is 1.40. The number of benzene rings is 2. The number of ether oxygens (including phenoxy) is 1. The summed E-state index contributed by atoms with van der Waals surface area (Å²) in [5, 5.41) is 0. The molecule has 0 atom stereocenters. The summed E-state index contributed by atoms with van der Waals surface area (Å²) >= 11 is 0. The summed E-state index contributed by atoms with van der Waals surface area (Å²) in [5.74, 6) is -0.299. The Hall–Kier alpha value is -2.29. The topological polar surface area (TPSA) is 29.5 Å². The van der Waals surface area contributed by atoms with Crippen molar-refractivity contribution in [2.75, 3.05) is 18.6 Å². The minimum Gasteiger partial charge on any atom is -0.465 e. The zero-order valence-corrected chi connectivity index (χ0v) is 12.8. The fraction of sp³-hybridized carbons (Fsp3) is 0.278. The number of hydrogen-bond acceptors (Lipinski definition) is 3. The Morgan fingerprint density at radius 3 is 2.43 bits per heavy atom. The van der Waals surface area contributed by atoms with Crippen molar-refractivity contribution in [3.05, 3.63) is 65.2 Å². The van der Waals surface area contributed by atoms with Gasteiger partial charge < -0.3 is 9.64 Å². The summed E-state index contributed by atoms with van der Waals surface area (Å²) in [4.78, 5) is 13.7. The maximum atomic E-state index is 11.4. The van der Waals surface area contributed by atoms with Gasteiger partial charge in [-0.05, 0) is 49.2 Å². The van der Waals surface area contributed by atoms with E-state index in [0.717, 1.165) is 13.1 Å². The van der Waals surface area contributed by atoms with Crippen LogP contribution in [-0.2, 0) is 11.3 Å². The van der Waals surface area contributed by atoms with E-state index in [9.17, 15) is 4.79 Å². The Morgan fingerprint density at radius 1 is 1.14 bits per heavy atom. The molecule has 0 aliphatic carbocycles. The van der Waals surface area contributed by atoms with Gasteiger partial charge in [0.1, 0.15) is 0 Å². The molecule has 3 nitrogen and oxygen atoms in total. The van der Waals surface area contributed by atoms with Gasteiger partial charge in [-0.25, -0.2) is 4.79 Å². The lowest BCUT2D eigenvalue weighted by Crippen LogP contribution is -2.22. The number of methoxy groups -OCH3 is 1. The van der Waals surface area contributed by atoms with E-state index in [1.807, 2.05) is 24.3 Å². The van der Waals surface area contributed by atoms with Crippen molar-refractivity contribution in [2.45, 2.75) is 20.4 Å². The Bertz CT molecular complexity index is 605. The van der Waals surface area contributed by atoms with Crippen LogP contribution >= 0.6 is 0 Å². The molecule has 110 valence electrons. The standard InChI is InChI=1S/C18H21NO2/c1-4-19(17-7-5-6-14(2)12-17)13-15-8-10-16(11-9-15)18(20)21-3/h5-12H,4,13H2,1-3H3. The van der Waals surface area contributed by atoms with Crippen molar-refractivity contribution in [1.82, 2.24) is 0 Å². The number of rotatable bonds is 5. The number of carbonyl (C=O) groups excluding carboxylic acids is 1. The highest BCUT2D eigenvalue weighted by molar-refractivity contribution is 5.89. The Balaban J connectivity index is 2.13. The van der Waals surface area contributed by atoms with E-state index in [4.69, 9.17) is 4.74 Å². The van der Waals surface area contributed by atoms with Crippen LogP contribution in [0.1, 0.15) is 28.4 Å². The molecule has 0 aliphatic rings. The lowest BCUT2D eigenvalue weighted by Gasteiger charge is -2.23. The van der Waals surface area contributed by atoms with Gasteiger partial charge in [-0.1, -0.05) is 24.3 Å². The van der Waals surface area contributed by atoms with E-state index in [1.54, 1.807) is 0 Å². The number of carbonyl (C=O) groups is 1. The molecule has 0 spiro atoms. The van der Waals surface area contributed by atoms with Gasteiger partial charge >= 0.3 is 5.97 Å². The molecule has 3 heteroatoms. The maximum absolute atomic E-state index is 11.4. The van der Waals surface area contributed by atoms with Gasteiger partial charge in [-0.2, -0.15) is 0 Å². The zero-order valence-electron chi connectivity index (χ0n) is 12.8. The van der Waals surface area contributed by atoms with Gasteiger partial charge in [-0.3, -0.25) is 0 Å². The van der Waals surface area contributed by atoms with Crippen LogP contribution in [0, 0.1) is 6.92 Å². The summed E-state index contributed by atoms with van der Waals surface area (Å²) in [5.41, 5.74) is 4.23. The molecule has 0 radical (unpaired) electrons. The van der Waals surface area contributed by atoms with Gasteiger partial charge in [0.05, 0.1) is 12.7 Å². The third-order valence-corrected chi connectivity index (χ3v) is 3.50. The van der Waals surface area contributed by atoms with E-state index in [1.165, 1.54) is 23.9 Å². The molecule has 21 heavy (non-hydrogen) atoms. The first kappa shape index (κ1) is 15.1. The van der Waals surface area contributed by atoms with Crippen LogP contribution in [0.3, 0.4) is 0 Å². The highest BCUT2D eigenvalue weighted by Gasteiger charge is 2.08. The lowest BCUT2D eigenvalue weighted by atomic mass is 10.1. The average Bonchev–Trinajstić information content (AvgIpc) is 2.52. The van der Waals surface area contributed by atoms with Crippen LogP contribution in [0.25, 0.3) is 0 Å². The van der Waals surface area contributed by atoms with Crippen molar-refractivity contribution < 1.29 is 9.53 Å². The fourth-order valence-corrected chi connectivity index (χ4v) is 2.29. The molecule has 0 saturated heterocycles. The number of aryl methyl sites for hydroxylation is 1. The highest BCUT2D eigenvalue weighted by Crippen LogP contribution is 2.18. The fourth-order valence-electron chi connectivity index (χ4n) is 2.29. The van der Waals surface area contributed by atoms with Crippen LogP contribution in [0.2, 0.25) is 0 Å². The molecule has 0 unspecified atom stereocenters. The predicted molar refractivity (Wildman–Crippen MR) is 85.7 cm³/mol. The van der Waals surface area contributed by atoms with Crippen LogP contribution in [0.15, 0.2) is 48.5 Å². The van der Waals surface area contributed by atoms with Crippen molar-refractivity contribution in [3.63, 3.8) is 0 Å². The minimum absolute atomic E-state index is 0.299. The van der Waals surface area contributed by atoms with E-state index < -0.39 is 0 Å². The molecule has 0 heterocycles. The second-order valence-corrected chi connectivity index (χ2v) is 5.04. The number of esters is 1. The summed E-state index contributed by atoms with van der Waals surface area (Å²) in [6.45, 7) is 6.00. The minimum atomic E-state index is -0.299. The predicted octanol–water partition coefficient (Wildman–Crippen LogP) is 3.81. The Kier molecular flexibility index (Phi) is 4.99. The molecule has 2 aromatic rings. The number of anilines is 1. The van der Waals surface area contributed by atoms with Gasteiger partial charge in [0.25, 0.3) is 0 Å². The first-order valence-electron chi connectivity index (χ1n) is 7.13. The third kappa shape index (κ3) is 3.85. The molecule has 0 amide bonds. The lowest BCUT2D eigenvalue weighted by molar-refractivity contribution is 0.0600. The average molecular weight is 283 g/mol. The molecule has 2 rings (SSSR count). The van der Waals surface area contributed by atoms with Crippen LogP contribution in [-0.4, -0.2) is 19.6 Å². The molecule has 0 aliphatic heterocycles. The largest absolute Gasteiger partial charge is 0.465 e. The Morgan fingerprint density at radius 2 is 1.86 bits per heavy atom. The Labute approximate surface area is 126 Å². The second-order valence-electron chi connectivity index (χ2n) is 5.04. The summed E-state index contributed by atoms with van der Waals surface area (Å²) in [6, 6.07) is 16.1. The van der Waals surface area contributed by atoms with E-state index in [0.29, 0.717) is 5.56 Å². The van der Waals surface area contributed by atoms with Gasteiger partial charge in [0, 0.05) is 18.8 Å². The molecule has 0 aromatic heterocycles. The second kappa shape index (κ2) is 6.93. The van der Waals surface area contributed by atoms with Gasteiger partial charge in [0.2, 0.25) is 0 Å². The maximum Gasteiger partial charge on any atom is 0.337 e. The highest BCUT2D eigenvalue weighted by atomic mass is 16.5. The molecule has 0 fully saturated rings. The van der Waals surface area contributed by atoms with Crippen molar-refractivity contribution >= 4 is 11.7 Å². The van der Waals surface area contributed by atoms with E-state index in [2.05, 4.69) is 43.0 Å². The smallest absolute Gasteiger partial charge is 0.337 e. The number of hydrogen-bond donors (Lipinski definition) is 0. The van der Waals surface area contributed by atoms with Gasteiger partial charge in [-0.15, -0.1) is 0 Å². The van der Waals surface area contributed by atoms with E-state index in [-0.39, 0.29) is 5.97 Å². The summed E-state index contributed by atoms with van der Waals surface area (Å²) in [6.07, 6.45) is 0. The molecule has 0 saturated carbocycles. The SMILES string of the molecule is CCN(Cc1ccc(C(=O)OC)cc1)c1cccc(C)c1.